The standard InChI is InChI=1S/C17H19N5O/c1-3-18-17(23)13-6-4-5-12(9-13)10-20-15-7-8-19-16-14(15)11-21-22(16)2/h4-9,11H,3,10H2,1-2H3,(H,18,23)(H,19,20). The Kier molecular flexibility index (Phi) is 4.23. The molecule has 3 rings (SSSR count). The topological polar surface area (TPSA) is 71.8 Å². The Morgan fingerprint density at radius 3 is 3.00 bits per heavy atom. The van der Waals surface area contributed by atoms with Crippen molar-refractivity contribution in [2.24, 2.45) is 7.05 Å². The van der Waals surface area contributed by atoms with Crippen molar-refractivity contribution in [1.82, 2.24) is 20.1 Å². The van der Waals surface area contributed by atoms with E-state index in [4.69, 9.17) is 0 Å². The number of hydrogen-bond acceptors (Lipinski definition) is 4. The molecular formula is C17H19N5O. The molecule has 0 aliphatic heterocycles. The lowest BCUT2D eigenvalue weighted by Crippen LogP contribution is -2.22. The van der Waals surface area contributed by atoms with Gasteiger partial charge in [0.15, 0.2) is 5.65 Å². The maximum Gasteiger partial charge on any atom is 0.251 e. The number of pyridine rings is 1. The Morgan fingerprint density at radius 2 is 2.17 bits per heavy atom. The Labute approximate surface area is 134 Å². The summed E-state index contributed by atoms with van der Waals surface area (Å²) in [6, 6.07) is 9.54. The smallest absolute Gasteiger partial charge is 0.251 e. The van der Waals surface area contributed by atoms with E-state index in [-0.39, 0.29) is 5.91 Å². The molecule has 1 amide bonds. The number of benzene rings is 1. The summed E-state index contributed by atoms with van der Waals surface area (Å²) in [5, 5.41) is 11.4. The fourth-order valence-electron chi connectivity index (χ4n) is 2.48. The van der Waals surface area contributed by atoms with Crippen LogP contribution >= 0.6 is 0 Å². The number of carbonyl (C=O) groups is 1. The molecule has 2 aromatic heterocycles. The number of carbonyl (C=O) groups excluding carboxylic acids is 1. The first-order valence-electron chi connectivity index (χ1n) is 7.56. The quantitative estimate of drug-likeness (QED) is 0.759. The second kappa shape index (κ2) is 6.48. The molecule has 0 bridgehead atoms. The summed E-state index contributed by atoms with van der Waals surface area (Å²) in [4.78, 5) is 16.2. The molecule has 0 saturated heterocycles. The Balaban J connectivity index is 1.77. The van der Waals surface area contributed by atoms with Gasteiger partial charge in [-0.1, -0.05) is 12.1 Å². The highest BCUT2D eigenvalue weighted by Gasteiger charge is 2.07. The van der Waals surface area contributed by atoms with Crippen LogP contribution in [-0.2, 0) is 13.6 Å². The number of nitrogens with one attached hydrogen (secondary N) is 2. The van der Waals surface area contributed by atoms with Gasteiger partial charge >= 0.3 is 0 Å². The molecule has 0 aliphatic rings. The summed E-state index contributed by atoms with van der Waals surface area (Å²) in [7, 11) is 1.87. The van der Waals surface area contributed by atoms with E-state index < -0.39 is 0 Å². The van der Waals surface area contributed by atoms with Gasteiger partial charge in [0.2, 0.25) is 0 Å². The maximum atomic E-state index is 11.9. The zero-order chi connectivity index (χ0) is 16.2. The summed E-state index contributed by atoms with van der Waals surface area (Å²) >= 11 is 0. The summed E-state index contributed by atoms with van der Waals surface area (Å²) in [6.45, 7) is 3.16. The molecule has 23 heavy (non-hydrogen) atoms. The highest BCUT2D eigenvalue weighted by atomic mass is 16.1. The monoisotopic (exact) mass is 309 g/mol. The molecule has 2 heterocycles. The van der Waals surface area contributed by atoms with E-state index in [9.17, 15) is 4.79 Å². The van der Waals surface area contributed by atoms with E-state index in [1.54, 1.807) is 17.1 Å². The summed E-state index contributed by atoms with van der Waals surface area (Å²) < 4.78 is 1.75. The van der Waals surface area contributed by atoms with Crippen molar-refractivity contribution in [3.05, 3.63) is 53.9 Å². The van der Waals surface area contributed by atoms with Crippen LogP contribution in [-0.4, -0.2) is 27.2 Å². The zero-order valence-electron chi connectivity index (χ0n) is 13.2. The van der Waals surface area contributed by atoms with Gasteiger partial charge in [-0.25, -0.2) is 4.98 Å². The van der Waals surface area contributed by atoms with Gasteiger partial charge in [-0.05, 0) is 30.7 Å². The number of fused-ring (bicyclic) bond motifs is 1. The van der Waals surface area contributed by atoms with Crippen LogP contribution in [0.5, 0.6) is 0 Å². The third kappa shape index (κ3) is 3.15. The van der Waals surface area contributed by atoms with Crippen molar-refractivity contribution >= 4 is 22.6 Å². The molecule has 0 atom stereocenters. The fourth-order valence-corrected chi connectivity index (χ4v) is 2.48. The second-order valence-corrected chi connectivity index (χ2v) is 5.28. The molecule has 0 radical (unpaired) electrons. The predicted molar refractivity (Wildman–Crippen MR) is 90.3 cm³/mol. The summed E-state index contributed by atoms with van der Waals surface area (Å²) in [6.07, 6.45) is 3.56. The van der Waals surface area contributed by atoms with Gasteiger partial charge in [0.25, 0.3) is 5.91 Å². The molecule has 6 heteroatoms. The lowest BCUT2D eigenvalue weighted by Gasteiger charge is -2.09. The van der Waals surface area contributed by atoms with Crippen LogP contribution in [0.3, 0.4) is 0 Å². The molecule has 3 aromatic rings. The number of anilines is 1. The van der Waals surface area contributed by atoms with Gasteiger partial charge in [0, 0.05) is 37.6 Å². The maximum absolute atomic E-state index is 11.9. The first kappa shape index (κ1) is 15.0. The molecule has 1 aromatic carbocycles. The number of rotatable bonds is 5. The van der Waals surface area contributed by atoms with Gasteiger partial charge in [-0.15, -0.1) is 0 Å². The van der Waals surface area contributed by atoms with Crippen LogP contribution in [0.25, 0.3) is 11.0 Å². The van der Waals surface area contributed by atoms with Crippen molar-refractivity contribution in [3.63, 3.8) is 0 Å². The molecular weight excluding hydrogens is 290 g/mol. The molecule has 6 nitrogen and oxygen atoms in total. The Bertz CT molecular complexity index is 840. The predicted octanol–water partition coefficient (Wildman–Crippen LogP) is 2.33. The van der Waals surface area contributed by atoms with E-state index in [2.05, 4.69) is 20.7 Å². The molecule has 2 N–H and O–H groups in total. The number of aryl methyl sites for hydroxylation is 1. The average Bonchev–Trinajstić information content (AvgIpc) is 2.95. The molecule has 0 aliphatic carbocycles. The van der Waals surface area contributed by atoms with E-state index in [0.29, 0.717) is 18.7 Å². The first-order valence-corrected chi connectivity index (χ1v) is 7.56. The zero-order valence-corrected chi connectivity index (χ0v) is 13.2. The number of nitrogens with zero attached hydrogens (tertiary/aromatic N) is 3. The molecule has 0 spiro atoms. The number of aromatic nitrogens is 3. The summed E-state index contributed by atoms with van der Waals surface area (Å²) in [5.74, 6) is -0.0482. The minimum Gasteiger partial charge on any atom is -0.380 e. The average molecular weight is 309 g/mol. The van der Waals surface area contributed by atoms with Crippen LogP contribution in [0, 0.1) is 0 Å². The van der Waals surface area contributed by atoms with Gasteiger partial charge < -0.3 is 10.6 Å². The largest absolute Gasteiger partial charge is 0.380 e. The van der Waals surface area contributed by atoms with Crippen LogP contribution in [0.4, 0.5) is 5.69 Å². The summed E-state index contributed by atoms with van der Waals surface area (Å²) in [5.41, 5.74) is 3.53. The van der Waals surface area contributed by atoms with E-state index in [1.807, 2.05) is 44.3 Å². The van der Waals surface area contributed by atoms with Gasteiger partial charge in [-0.2, -0.15) is 5.10 Å². The van der Waals surface area contributed by atoms with Crippen LogP contribution in [0.1, 0.15) is 22.8 Å². The first-order chi connectivity index (χ1) is 11.2. The normalized spacial score (nSPS) is 10.7. The van der Waals surface area contributed by atoms with Crippen molar-refractivity contribution in [3.8, 4) is 0 Å². The van der Waals surface area contributed by atoms with E-state index in [0.717, 1.165) is 22.3 Å². The van der Waals surface area contributed by atoms with Crippen molar-refractivity contribution in [2.45, 2.75) is 13.5 Å². The second-order valence-electron chi connectivity index (χ2n) is 5.28. The molecule has 0 fully saturated rings. The minimum absolute atomic E-state index is 0.0482. The molecule has 0 saturated carbocycles. The van der Waals surface area contributed by atoms with Crippen molar-refractivity contribution in [2.75, 3.05) is 11.9 Å². The van der Waals surface area contributed by atoms with Gasteiger partial charge in [0.1, 0.15) is 0 Å². The lowest BCUT2D eigenvalue weighted by molar-refractivity contribution is 0.0955. The van der Waals surface area contributed by atoms with Gasteiger partial charge in [0.05, 0.1) is 11.6 Å². The van der Waals surface area contributed by atoms with Crippen molar-refractivity contribution < 1.29 is 4.79 Å². The lowest BCUT2D eigenvalue weighted by atomic mass is 10.1. The Hall–Kier alpha value is -2.89. The SMILES string of the molecule is CCNC(=O)c1cccc(CNc2ccnc3c2cnn3C)c1. The highest BCUT2D eigenvalue weighted by Crippen LogP contribution is 2.21. The van der Waals surface area contributed by atoms with Gasteiger partial charge in [-0.3, -0.25) is 9.48 Å². The highest BCUT2D eigenvalue weighted by molar-refractivity contribution is 5.94. The Morgan fingerprint density at radius 1 is 1.30 bits per heavy atom. The van der Waals surface area contributed by atoms with E-state index >= 15 is 0 Å². The fraction of sp³-hybridized carbons (Fsp3) is 0.235. The molecule has 118 valence electrons. The van der Waals surface area contributed by atoms with Crippen LogP contribution < -0.4 is 10.6 Å². The number of hydrogen-bond donors (Lipinski definition) is 2. The number of amides is 1. The third-order valence-corrected chi connectivity index (χ3v) is 3.65. The third-order valence-electron chi connectivity index (χ3n) is 3.65. The minimum atomic E-state index is -0.0482. The van der Waals surface area contributed by atoms with Crippen LogP contribution in [0.15, 0.2) is 42.7 Å². The van der Waals surface area contributed by atoms with Crippen LogP contribution in [0.2, 0.25) is 0 Å². The van der Waals surface area contributed by atoms with E-state index in [1.165, 1.54) is 0 Å². The van der Waals surface area contributed by atoms with Crippen molar-refractivity contribution in [1.29, 1.82) is 0 Å². The molecule has 0 unspecified atom stereocenters.